The lowest BCUT2D eigenvalue weighted by atomic mass is 10.2. The van der Waals surface area contributed by atoms with E-state index < -0.39 is 0 Å². The predicted molar refractivity (Wildman–Crippen MR) is 166 cm³/mol. The Morgan fingerprint density at radius 3 is 2.37 bits per heavy atom. The summed E-state index contributed by atoms with van der Waals surface area (Å²) < 4.78 is 13.0. The number of para-hydroxylation sites is 1. The second-order valence-corrected chi connectivity index (χ2v) is 11.0. The van der Waals surface area contributed by atoms with Crippen molar-refractivity contribution in [3.05, 3.63) is 125 Å². The molecule has 0 unspecified atom stereocenters. The van der Waals surface area contributed by atoms with Crippen LogP contribution in [0.25, 0.3) is 33.5 Å². The average molecular weight is 644 g/mol. The van der Waals surface area contributed by atoms with Crippen molar-refractivity contribution in [3.8, 4) is 17.3 Å². The number of halogens is 5. The maximum atomic E-state index is 13.5. The smallest absolute Gasteiger partial charge is 0.282 e. The third kappa shape index (κ3) is 5.67. The van der Waals surface area contributed by atoms with Gasteiger partial charge in [0.25, 0.3) is 5.56 Å². The maximum absolute atomic E-state index is 13.5. The molecule has 4 aromatic carbocycles. The molecular weight excluding hydrogens is 628 g/mol. The summed E-state index contributed by atoms with van der Waals surface area (Å²) in [4.78, 5) is 18.2. The van der Waals surface area contributed by atoms with Crippen LogP contribution in [0.3, 0.4) is 0 Å². The molecule has 6 nitrogen and oxygen atoms in total. The number of ether oxygens (including phenoxy) is 1. The van der Waals surface area contributed by atoms with Crippen LogP contribution >= 0.6 is 58.0 Å². The first-order valence-corrected chi connectivity index (χ1v) is 14.0. The van der Waals surface area contributed by atoms with E-state index in [2.05, 4.69) is 10.1 Å². The fourth-order valence-corrected chi connectivity index (χ4v) is 5.48. The van der Waals surface area contributed by atoms with Crippen molar-refractivity contribution in [2.45, 2.75) is 6.61 Å². The molecule has 0 aliphatic heterocycles. The molecule has 2 aromatic heterocycles. The van der Waals surface area contributed by atoms with E-state index in [0.717, 1.165) is 10.9 Å². The van der Waals surface area contributed by atoms with Crippen molar-refractivity contribution in [3.63, 3.8) is 0 Å². The van der Waals surface area contributed by atoms with Crippen LogP contribution in [0.4, 0.5) is 0 Å². The Kier molecular flexibility index (Phi) is 7.68. The van der Waals surface area contributed by atoms with Gasteiger partial charge in [-0.25, -0.2) is 4.98 Å². The van der Waals surface area contributed by atoms with Crippen molar-refractivity contribution in [1.82, 2.24) is 9.66 Å². The van der Waals surface area contributed by atoms with E-state index in [1.54, 1.807) is 78.9 Å². The van der Waals surface area contributed by atoms with Gasteiger partial charge in [0, 0.05) is 26.0 Å². The molecule has 204 valence electrons. The molecule has 0 bridgehead atoms. The van der Waals surface area contributed by atoms with E-state index in [1.165, 1.54) is 10.9 Å². The van der Waals surface area contributed by atoms with Gasteiger partial charge in [-0.05, 0) is 66.2 Å². The van der Waals surface area contributed by atoms with E-state index in [0.29, 0.717) is 42.9 Å². The second-order valence-electron chi connectivity index (χ2n) is 8.94. The summed E-state index contributed by atoms with van der Waals surface area (Å²) in [5.74, 6) is 0.847. The molecular formula is C30H16Cl5N3O3. The van der Waals surface area contributed by atoms with Gasteiger partial charge in [-0.3, -0.25) is 4.79 Å². The highest BCUT2D eigenvalue weighted by Crippen LogP contribution is 2.35. The summed E-state index contributed by atoms with van der Waals surface area (Å²) in [6.07, 6.45) is 1.46. The van der Waals surface area contributed by atoms with Crippen molar-refractivity contribution in [2.75, 3.05) is 0 Å². The Bertz CT molecular complexity index is 2030. The molecule has 0 N–H and O–H groups in total. The fourth-order valence-electron chi connectivity index (χ4n) is 4.22. The monoisotopic (exact) mass is 641 g/mol. The van der Waals surface area contributed by atoms with Gasteiger partial charge in [-0.1, -0.05) is 76.2 Å². The van der Waals surface area contributed by atoms with Gasteiger partial charge in [-0.2, -0.15) is 9.78 Å². The molecule has 6 rings (SSSR count). The van der Waals surface area contributed by atoms with Gasteiger partial charge in [0.2, 0.25) is 5.82 Å². The molecule has 0 amide bonds. The number of rotatable bonds is 6. The summed E-state index contributed by atoms with van der Waals surface area (Å²) in [5, 5.41) is 7.67. The van der Waals surface area contributed by atoms with E-state index >= 15 is 0 Å². The quantitative estimate of drug-likeness (QED) is 0.170. The van der Waals surface area contributed by atoms with Crippen LogP contribution in [0.15, 0.2) is 93.2 Å². The average Bonchev–Trinajstić information content (AvgIpc) is 3.36. The van der Waals surface area contributed by atoms with Gasteiger partial charge >= 0.3 is 0 Å². The van der Waals surface area contributed by atoms with Crippen LogP contribution in [0, 0.1) is 0 Å². The van der Waals surface area contributed by atoms with Crippen LogP contribution < -0.4 is 10.3 Å². The molecule has 41 heavy (non-hydrogen) atoms. The summed E-state index contributed by atoms with van der Waals surface area (Å²) in [7, 11) is 0. The molecule has 0 radical (unpaired) electrons. The van der Waals surface area contributed by atoms with E-state index in [9.17, 15) is 4.79 Å². The molecule has 0 aliphatic rings. The van der Waals surface area contributed by atoms with Gasteiger partial charge in [0.05, 0.1) is 27.2 Å². The second kappa shape index (κ2) is 11.4. The van der Waals surface area contributed by atoms with E-state index in [4.69, 9.17) is 67.2 Å². The molecule has 0 saturated heterocycles. The number of benzene rings is 4. The Morgan fingerprint density at radius 1 is 0.854 bits per heavy atom. The topological polar surface area (TPSA) is 69.6 Å². The molecule has 0 spiro atoms. The zero-order chi connectivity index (χ0) is 28.7. The van der Waals surface area contributed by atoms with Crippen molar-refractivity contribution in [2.24, 2.45) is 5.10 Å². The SMILES string of the molecule is O=c1c2ccccc2nc(-c2cc3cc(Cl)ccc3o2)n1N=Cc1cc(Cl)c(OCc2ccc(Cl)cc2Cl)c(Cl)c1. The normalized spacial score (nSPS) is 11.6. The molecule has 0 fully saturated rings. The minimum Gasteiger partial charge on any atom is -0.486 e. The van der Waals surface area contributed by atoms with Crippen LogP contribution in [0.5, 0.6) is 5.75 Å². The molecule has 6 aromatic rings. The fraction of sp³-hybridized carbons (Fsp3) is 0.0333. The summed E-state index contributed by atoms with van der Waals surface area (Å²) in [6, 6.07) is 22.4. The largest absolute Gasteiger partial charge is 0.486 e. The lowest BCUT2D eigenvalue weighted by Gasteiger charge is -2.12. The Balaban J connectivity index is 1.37. The lowest BCUT2D eigenvalue weighted by Crippen LogP contribution is -2.20. The molecule has 11 heteroatoms. The van der Waals surface area contributed by atoms with Gasteiger partial charge < -0.3 is 9.15 Å². The van der Waals surface area contributed by atoms with Crippen LogP contribution in [0.2, 0.25) is 25.1 Å². The van der Waals surface area contributed by atoms with Gasteiger partial charge in [0.1, 0.15) is 12.2 Å². The Hall–Kier alpha value is -3.52. The first-order chi connectivity index (χ1) is 19.8. The maximum Gasteiger partial charge on any atom is 0.282 e. The molecule has 0 saturated carbocycles. The van der Waals surface area contributed by atoms with E-state index in [-0.39, 0.29) is 33.8 Å². The summed E-state index contributed by atoms with van der Waals surface area (Å²) in [5.41, 5.74) is 1.97. The molecule has 2 heterocycles. The third-order valence-corrected chi connectivity index (χ3v) is 7.57. The van der Waals surface area contributed by atoms with Crippen molar-refractivity contribution >= 4 is 86.1 Å². The summed E-state index contributed by atoms with van der Waals surface area (Å²) >= 11 is 31.4. The van der Waals surface area contributed by atoms with E-state index in [1.807, 2.05) is 0 Å². The van der Waals surface area contributed by atoms with Crippen LogP contribution in [-0.4, -0.2) is 15.9 Å². The highest BCUT2D eigenvalue weighted by Gasteiger charge is 2.17. The van der Waals surface area contributed by atoms with Crippen LogP contribution in [-0.2, 0) is 6.61 Å². The minimum absolute atomic E-state index is 0.132. The first-order valence-electron chi connectivity index (χ1n) is 12.1. The highest BCUT2D eigenvalue weighted by atomic mass is 35.5. The number of aromatic nitrogens is 2. The number of furan rings is 1. The zero-order valence-electron chi connectivity index (χ0n) is 20.7. The minimum atomic E-state index is -0.377. The molecule has 0 aliphatic carbocycles. The summed E-state index contributed by atoms with van der Waals surface area (Å²) in [6.45, 7) is 0.132. The van der Waals surface area contributed by atoms with Gasteiger partial charge in [-0.15, -0.1) is 0 Å². The van der Waals surface area contributed by atoms with Crippen molar-refractivity contribution < 1.29 is 9.15 Å². The third-order valence-electron chi connectivity index (χ3n) is 6.18. The lowest BCUT2D eigenvalue weighted by molar-refractivity contribution is 0.306. The number of hydrogen-bond acceptors (Lipinski definition) is 5. The Morgan fingerprint density at radius 2 is 1.59 bits per heavy atom. The Labute approximate surface area is 258 Å². The first kappa shape index (κ1) is 27.6. The van der Waals surface area contributed by atoms with Crippen molar-refractivity contribution in [1.29, 1.82) is 0 Å². The van der Waals surface area contributed by atoms with Gasteiger partial charge in [0.15, 0.2) is 11.5 Å². The predicted octanol–water partition coefficient (Wildman–Crippen LogP) is 9.54. The van der Waals surface area contributed by atoms with Crippen LogP contribution in [0.1, 0.15) is 11.1 Å². The number of hydrogen-bond donors (Lipinski definition) is 0. The highest BCUT2D eigenvalue weighted by molar-refractivity contribution is 6.37. The standard InChI is InChI=1S/C30H16Cl5N3O3/c31-19-7-8-26-18(11-19)12-27(41-26)29-37-25-4-2-1-3-21(25)30(39)38(29)36-14-16-9-23(34)28(24(35)10-16)40-15-17-5-6-20(32)13-22(17)33/h1-14H,15H2. The number of nitrogens with zero attached hydrogens (tertiary/aromatic N) is 3. The zero-order valence-corrected chi connectivity index (χ0v) is 24.5. The number of fused-ring (bicyclic) bond motifs is 2. The molecule has 0 atom stereocenters.